The number of urea groups is 1. The smallest absolute Gasteiger partial charge is 0.321 e. The number of amides is 2. The number of carbonyl (C=O) groups excluding carboxylic acids is 1. The van der Waals surface area contributed by atoms with Crippen LogP contribution >= 0.6 is 0 Å². The molecule has 1 aromatic carbocycles. The number of nitrogens with zero attached hydrogens (tertiary/aromatic N) is 2. The average molecular weight is 307 g/mol. The summed E-state index contributed by atoms with van der Waals surface area (Å²) >= 11 is 0. The van der Waals surface area contributed by atoms with Gasteiger partial charge in [0.1, 0.15) is 0 Å². The molecule has 22 heavy (non-hydrogen) atoms. The van der Waals surface area contributed by atoms with E-state index >= 15 is 0 Å². The molecule has 6 nitrogen and oxygen atoms in total. The maximum atomic E-state index is 12.2. The van der Waals surface area contributed by atoms with Gasteiger partial charge in [-0.2, -0.15) is 0 Å². The van der Waals surface area contributed by atoms with Crippen molar-refractivity contribution in [3.63, 3.8) is 0 Å². The van der Waals surface area contributed by atoms with E-state index in [9.17, 15) is 4.79 Å². The van der Waals surface area contributed by atoms with Crippen molar-refractivity contribution >= 4 is 11.7 Å². The molecule has 6 heteroatoms. The Labute approximate surface area is 131 Å². The summed E-state index contributed by atoms with van der Waals surface area (Å²) in [5.74, 6) is 0. The molecule has 0 spiro atoms. The maximum Gasteiger partial charge on any atom is 0.321 e. The Morgan fingerprint density at radius 3 is 2.50 bits per heavy atom. The molecule has 0 aliphatic carbocycles. The number of benzene rings is 1. The van der Waals surface area contributed by atoms with Gasteiger partial charge < -0.3 is 20.4 Å². The van der Waals surface area contributed by atoms with Crippen LogP contribution in [0.25, 0.3) is 0 Å². The van der Waals surface area contributed by atoms with Crippen molar-refractivity contribution in [2.75, 3.05) is 44.7 Å². The van der Waals surface area contributed by atoms with Gasteiger partial charge in [0.05, 0.1) is 13.2 Å². The highest BCUT2D eigenvalue weighted by Gasteiger charge is 2.34. The zero-order chi connectivity index (χ0) is 15.9. The second-order valence-corrected chi connectivity index (χ2v) is 5.48. The molecule has 2 rings (SSSR count). The van der Waals surface area contributed by atoms with E-state index in [1.807, 2.05) is 29.2 Å². The first-order valence-corrected chi connectivity index (χ1v) is 7.79. The molecule has 1 heterocycles. The lowest BCUT2D eigenvalue weighted by molar-refractivity contribution is 0.0393. The van der Waals surface area contributed by atoms with Crippen molar-refractivity contribution in [3.8, 4) is 0 Å². The van der Waals surface area contributed by atoms with Crippen LogP contribution in [0.5, 0.6) is 0 Å². The van der Waals surface area contributed by atoms with Crippen molar-refractivity contribution in [2.45, 2.75) is 19.4 Å². The van der Waals surface area contributed by atoms with Crippen molar-refractivity contribution < 1.29 is 15.0 Å². The maximum absolute atomic E-state index is 12.2. The highest BCUT2D eigenvalue weighted by molar-refractivity contribution is 5.90. The number of anilines is 1. The Morgan fingerprint density at radius 1 is 1.27 bits per heavy atom. The highest BCUT2D eigenvalue weighted by atomic mass is 16.3. The first-order chi connectivity index (χ1) is 10.7. The van der Waals surface area contributed by atoms with Crippen LogP contribution in [0.1, 0.15) is 12.5 Å². The summed E-state index contributed by atoms with van der Waals surface area (Å²) in [6.07, 6.45) is 0.875. The van der Waals surface area contributed by atoms with E-state index in [1.54, 1.807) is 4.90 Å². The van der Waals surface area contributed by atoms with E-state index in [4.69, 9.17) is 10.2 Å². The van der Waals surface area contributed by atoms with Gasteiger partial charge in [0.15, 0.2) is 0 Å². The Balaban J connectivity index is 1.86. The molecular weight excluding hydrogens is 282 g/mol. The predicted molar refractivity (Wildman–Crippen MR) is 85.9 cm³/mol. The SMILES string of the molecule is CCc1ccccc1NC(=O)N1CC(N(CCO)CCO)C1. The molecule has 0 bridgehead atoms. The summed E-state index contributed by atoms with van der Waals surface area (Å²) in [6, 6.07) is 7.93. The average Bonchev–Trinajstić information content (AvgIpc) is 2.46. The minimum absolute atomic E-state index is 0.0621. The molecule has 1 saturated heterocycles. The van der Waals surface area contributed by atoms with Gasteiger partial charge >= 0.3 is 6.03 Å². The van der Waals surface area contributed by atoms with Gasteiger partial charge in [-0.25, -0.2) is 4.79 Å². The van der Waals surface area contributed by atoms with Gasteiger partial charge in [0.2, 0.25) is 0 Å². The quantitative estimate of drug-likeness (QED) is 0.695. The van der Waals surface area contributed by atoms with E-state index in [2.05, 4.69) is 12.2 Å². The van der Waals surface area contributed by atoms with E-state index in [0.717, 1.165) is 17.7 Å². The van der Waals surface area contributed by atoms with Gasteiger partial charge in [0, 0.05) is 37.9 Å². The third-order valence-electron chi connectivity index (χ3n) is 4.08. The zero-order valence-corrected chi connectivity index (χ0v) is 13.0. The molecule has 1 aromatic rings. The van der Waals surface area contributed by atoms with Crippen LogP contribution in [0.4, 0.5) is 10.5 Å². The van der Waals surface area contributed by atoms with E-state index < -0.39 is 0 Å². The van der Waals surface area contributed by atoms with Gasteiger partial charge in [-0.15, -0.1) is 0 Å². The van der Waals surface area contributed by atoms with Crippen molar-refractivity contribution in [2.24, 2.45) is 0 Å². The molecule has 0 atom stereocenters. The number of para-hydroxylation sites is 1. The van der Waals surface area contributed by atoms with Gasteiger partial charge in [0.25, 0.3) is 0 Å². The number of likely N-dealkylation sites (tertiary alicyclic amines) is 1. The van der Waals surface area contributed by atoms with Crippen LogP contribution in [0.3, 0.4) is 0 Å². The van der Waals surface area contributed by atoms with E-state index in [-0.39, 0.29) is 25.3 Å². The molecule has 0 radical (unpaired) electrons. The molecule has 1 fully saturated rings. The number of hydrogen-bond acceptors (Lipinski definition) is 4. The monoisotopic (exact) mass is 307 g/mol. The van der Waals surface area contributed by atoms with Crippen LogP contribution in [0.15, 0.2) is 24.3 Å². The fourth-order valence-corrected chi connectivity index (χ4v) is 2.73. The normalized spacial score (nSPS) is 15.0. The third-order valence-corrected chi connectivity index (χ3v) is 4.08. The lowest BCUT2D eigenvalue weighted by Gasteiger charge is -2.45. The molecule has 3 N–H and O–H groups in total. The number of carbonyl (C=O) groups is 1. The molecule has 122 valence electrons. The number of rotatable bonds is 7. The Bertz CT molecular complexity index is 483. The number of aliphatic hydroxyl groups excluding tert-OH is 2. The molecule has 0 unspecified atom stereocenters. The summed E-state index contributed by atoms with van der Waals surface area (Å²) in [5.41, 5.74) is 1.98. The van der Waals surface area contributed by atoms with Crippen molar-refractivity contribution in [1.82, 2.24) is 9.80 Å². The first kappa shape index (κ1) is 16.7. The number of hydrogen-bond donors (Lipinski definition) is 3. The second-order valence-electron chi connectivity index (χ2n) is 5.48. The Hall–Kier alpha value is -1.63. The highest BCUT2D eigenvalue weighted by Crippen LogP contribution is 2.19. The Morgan fingerprint density at radius 2 is 1.91 bits per heavy atom. The van der Waals surface area contributed by atoms with Crippen LogP contribution in [0.2, 0.25) is 0 Å². The fraction of sp³-hybridized carbons (Fsp3) is 0.562. The molecule has 0 saturated carbocycles. The summed E-state index contributed by atoms with van der Waals surface area (Å²) in [6.45, 7) is 4.49. The van der Waals surface area contributed by atoms with E-state index in [1.165, 1.54) is 0 Å². The van der Waals surface area contributed by atoms with Crippen LogP contribution < -0.4 is 5.32 Å². The molecule has 1 aliphatic rings. The lowest BCUT2D eigenvalue weighted by Crippen LogP contribution is -2.62. The zero-order valence-electron chi connectivity index (χ0n) is 13.0. The third kappa shape index (κ3) is 3.97. The van der Waals surface area contributed by atoms with Crippen molar-refractivity contribution in [1.29, 1.82) is 0 Å². The van der Waals surface area contributed by atoms with Crippen LogP contribution in [-0.4, -0.2) is 71.5 Å². The van der Waals surface area contributed by atoms with Crippen LogP contribution in [0, 0.1) is 0 Å². The lowest BCUT2D eigenvalue weighted by atomic mass is 10.1. The number of aryl methyl sites for hydroxylation is 1. The van der Waals surface area contributed by atoms with Crippen molar-refractivity contribution in [3.05, 3.63) is 29.8 Å². The summed E-state index contributed by atoms with van der Waals surface area (Å²) in [4.78, 5) is 16.0. The second kappa shape index (κ2) is 8.12. The predicted octanol–water partition coefficient (Wildman–Crippen LogP) is 0.752. The molecule has 2 amide bonds. The fourth-order valence-electron chi connectivity index (χ4n) is 2.73. The summed E-state index contributed by atoms with van der Waals surface area (Å²) < 4.78 is 0. The first-order valence-electron chi connectivity index (χ1n) is 7.79. The molecule has 0 aromatic heterocycles. The molecular formula is C16H25N3O3. The molecule has 1 aliphatic heterocycles. The van der Waals surface area contributed by atoms with Crippen LogP contribution in [-0.2, 0) is 6.42 Å². The largest absolute Gasteiger partial charge is 0.395 e. The summed E-state index contributed by atoms with van der Waals surface area (Å²) in [5, 5.41) is 21.0. The topological polar surface area (TPSA) is 76.0 Å². The minimum Gasteiger partial charge on any atom is -0.395 e. The number of nitrogens with one attached hydrogen (secondary N) is 1. The minimum atomic E-state index is -0.0925. The van der Waals surface area contributed by atoms with Gasteiger partial charge in [-0.1, -0.05) is 25.1 Å². The van der Waals surface area contributed by atoms with Gasteiger partial charge in [-0.3, -0.25) is 4.90 Å². The standard InChI is InChI=1S/C16H25N3O3/c1-2-13-5-3-4-6-15(13)17-16(22)19-11-14(12-19)18(7-9-20)8-10-21/h3-6,14,20-21H,2,7-12H2,1H3,(H,17,22). The Kier molecular flexibility index (Phi) is 6.18. The van der Waals surface area contributed by atoms with E-state index in [0.29, 0.717) is 26.2 Å². The number of aliphatic hydroxyl groups is 2. The summed E-state index contributed by atoms with van der Waals surface area (Å²) in [7, 11) is 0. The van der Waals surface area contributed by atoms with Gasteiger partial charge in [-0.05, 0) is 18.1 Å².